The van der Waals surface area contributed by atoms with E-state index in [1.54, 1.807) is 6.20 Å². The third-order valence-electron chi connectivity index (χ3n) is 4.56. The minimum absolute atomic E-state index is 0.254. The second kappa shape index (κ2) is 7.26. The number of nitrogens with one attached hydrogen (secondary N) is 1. The summed E-state index contributed by atoms with van der Waals surface area (Å²) in [6.07, 6.45) is 5.94. The van der Waals surface area contributed by atoms with Gasteiger partial charge in [0.05, 0.1) is 6.20 Å². The molecule has 3 nitrogen and oxygen atoms in total. The molecule has 0 radical (unpaired) electrons. The van der Waals surface area contributed by atoms with Crippen LogP contribution in [0.5, 0.6) is 0 Å². The molecule has 0 spiro atoms. The van der Waals surface area contributed by atoms with E-state index in [0.717, 1.165) is 44.2 Å². The molecular formula is C19H23F2N3. The zero-order chi connectivity index (χ0) is 17.1. The molecule has 1 N–H and O–H groups in total. The number of halogens is 2. The van der Waals surface area contributed by atoms with Gasteiger partial charge in [-0.15, -0.1) is 0 Å². The molecule has 0 saturated carbocycles. The number of nitrogens with zero attached hydrogens (tertiary/aromatic N) is 2. The van der Waals surface area contributed by atoms with E-state index in [2.05, 4.69) is 35.0 Å². The fraction of sp³-hybridized carbons (Fsp3) is 0.421. The van der Waals surface area contributed by atoms with Crippen LogP contribution in [0.2, 0.25) is 0 Å². The average molecular weight is 331 g/mol. The minimum Gasteiger partial charge on any atom is -0.299 e. The highest BCUT2D eigenvalue weighted by Crippen LogP contribution is 2.34. The number of piperidine rings is 1. The lowest BCUT2D eigenvalue weighted by atomic mass is 9.90. The minimum atomic E-state index is -0.438. The number of rotatable bonds is 4. The quantitative estimate of drug-likeness (QED) is 0.837. The lowest BCUT2D eigenvalue weighted by Gasteiger charge is -2.32. The van der Waals surface area contributed by atoms with Gasteiger partial charge in [0.25, 0.3) is 0 Å². The van der Waals surface area contributed by atoms with Gasteiger partial charge in [0.1, 0.15) is 11.6 Å². The van der Waals surface area contributed by atoms with Gasteiger partial charge in [0, 0.05) is 35.8 Å². The highest BCUT2D eigenvalue weighted by molar-refractivity contribution is 5.66. The van der Waals surface area contributed by atoms with Gasteiger partial charge in [-0.05, 0) is 51.4 Å². The molecule has 5 heteroatoms. The fourth-order valence-electron chi connectivity index (χ4n) is 3.29. The summed E-state index contributed by atoms with van der Waals surface area (Å²) in [6, 6.07) is 3.55. The monoisotopic (exact) mass is 331 g/mol. The average Bonchev–Trinajstić information content (AvgIpc) is 3.05. The van der Waals surface area contributed by atoms with E-state index in [1.165, 1.54) is 17.7 Å². The number of H-pyrrole nitrogens is 1. The highest BCUT2D eigenvalue weighted by atomic mass is 19.1. The van der Waals surface area contributed by atoms with Crippen molar-refractivity contribution in [3.05, 3.63) is 53.4 Å². The van der Waals surface area contributed by atoms with Crippen molar-refractivity contribution in [2.75, 3.05) is 19.6 Å². The van der Waals surface area contributed by atoms with Crippen molar-refractivity contribution >= 4 is 0 Å². The van der Waals surface area contributed by atoms with Gasteiger partial charge >= 0.3 is 0 Å². The third-order valence-corrected chi connectivity index (χ3v) is 4.56. The molecule has 1 aromatic carbocycles. The molecule has 0 unspecified atom stereocenters. The predicted octanol–water partition coefficient (Wildman–Crippen LogP) is 4.50. The van der Waals surface area contributed by atoms with Crippen molar-refractivity contribution in [3.63, 3.8) is 0 Å². The van der Waals surface area contributed by atoms with E-state index in [9.17, 15) is 8.78 Å². The summed E-state index contributed by atoms with van der Waals surface area (Å²) in [5.74, 6) is -0.604. The highest BCUT2D eigenvalue weighted by Gasteiger charge is 2.25. The number of allylic oxidation sites excluding steroid dienone is 1. The Morgan fingerprint density at radius 2 is 2.17 bits per heavy atom. The maximum Gasteiger partial charge on any atom is 0.131 e. The van der Waals surface area contributed by atoms with Crippen LogP contribution in [0.4, 0.5) is 8.78 Å². The second-order valence-electron chi connectivity index (χ2n) is 6.70. The Morgan fingerprint density at radius 3 is 2.96 bits per heavy atom. The third kappa shape index (κ3) is 3.73. The van der Waals surface area contributed by atoms with E-state index in [0.29, 0.717) is 5.56 Å². The molecular weight excluding hydrogens is 308 g/mol. The van der Waals surface area contributed by atoms with Gasteiger partial charge in [0.15, 0.2) is 0 Å². The zero-order valence-corrected chi connectivity index (χ0v) is 14.1. The molecule has 2 aromatic rings. The number of hydrogen-bond acceptors (Lipinski definition) is 2. The van der Waals surface area contributed by atoms with Crippen LogP contribution in [0.25, 0.3) is 11.1 Å². The van der Waals surface area contributed by atoms with E-state index in [4.69, 9.17) is 0 Å². The Hall–Kier alpha value is -2.01. The first-order valence-electron chi connectivity index (χ1n) is 8.39. The number of likely N-dealkylation sites (tertiary alicyclic amines) is 1. The van der Waals surface area contributed by atoms with Crippen molar-refractivity contribution in [2.45, 2.75) is 32.6 Å². The molecule has 2 heterocycles. The van der Waals surface area contributed by atoms with Gasteiger partial charge in [-0.1, -0.05) is 11.6 Å². The van der Waals surface area contributed by atoms with Crippen molar-refractivity contribution in [3.8, 4) is 11.1 Å². The molecule has 3 rings (SSSR count). The largest absolute Gasteiger partial charge is 0.299 e. The molecule has 24 heavy (non-hydrogen) atoms. The summed E-state index contributed by atoms with van der Waals surface area (Å²) in [7, 11) is 0. The smallest absolute Gasteiger partial charge is 0.131 e. The maximum atomic E-state index is 14.1. The predicted molar refractivity (Wildman–Crippen MR) is 91.8 cm³/mol. The van der Waals surface area contributed by atoms with Crippen molar-refractivity contribution in [2.24, 2.45) is 0 Å². The van der Waals surface area contributed by atoms with Crippen molar-refractivity contribution < 1.29 is 8.78 Å². The van der Waals surface area contributed by atoms with Crippen molar-refractivity contribution in [1.29, 1.82) is 0 Å². The first-order valence-corrected chi connectivity index (χ1v) is 8.39. The molecule has 1 fully saturated rings. The Balaban J connectivity index is 1.84. The van der Waals surface area contributed by atoms with Crippen LogP contribution in [0.3, 0.4) is 0 Å². The molecule has 1 saturated heterocycles. The van der Waals surface area contributed by atoms with Gasteiger partial charge in [-0.3, -0.25) is 10.00 Å². The number of aromatic amines is 1. The topological polar surface area (TPSA) is 31.9 Å². The van der Waals surface area contributed by atoms with Crippen LogP contribution in [-0.4, -0.2) is 34.7 Å². The van der Waals surface area contributed by atoms with Gasteiger partial charge < -0.3 is 0 Å². The molecule has 0 aliphatic carbocycles. The molecule has 1 aliphatic rings. The summed E-state index contributed by atoms with van der Waals surface area (Å²) in [5.41, 5.74) is 3.16. The molecule has 0 bridgehead atoms. The Bertz CT molecular complexity index is 732. The van der Waals surface area contributed by atoms with E-state index in [-0.39, 0.29) is 11.5 Å². The van der Waals surface area contributed by atoms with E-state index < -0.39 is 11.6 Å². The Morgan fingerprint density at radius 1 is 1.33 bits per heavy atom. The van der Waals surface area contributed by atoms with Gasteiger partial charge in [0.2, 0.25) is 0 Å². The summed E-state index contributed by atoms with van der Waals surface area (Å²) in [5, 5.41) is 7.12. The van der Waals surface area contributed by atoms with Crippen LogP contribution in [0.1, 0.15) is 38.3 Å². The van der Waals surface area contributed by atoms with Gasteiger partial charge in [-0.25, -0.2) is 8.78 Å². The van der Waals surface area contributed by atoms with Crippen LogP contribution in [0.15, 0.2) is 36.0 Å². The Labute approximate surface area is 141 Å². The number of benzene rings is 1. The van der Waals surface area contributed by atoms with Crippen molar-refractivity contribution in [1.82, 2.24) is 15.1 Å². The van der Waals surface area contributed by atoms with Crippen LogP contribution in [-0.2, 0) is 0 Å². The standard InChI is InChI=1S/C19H23F2N3/c1-13(2)7-9-24-8-3-4-14(12-24)19-17(11-22-23-19)16-10-15(20)5-6-18(16)21/h5-7,10-11,14H,3-4,8-9,12H2,1-2H3,(H,22,23)/t14-/m0/s1. The Kier molecular flexibility index (Phi) is 5.09. The van der Waals surface area contributed by atoms with E-state index >= 15 is 0 Å². The maximum absolute atomic E-state index is 14.1. The molecule has 1 atom stereocenters. The SMILES string of the molecule is CC(C)=CCN1CCC[C@H](c2[nH]ncc2-c2cc(F)ccc2F)C1. The lowest BCUT2D eigenvalue weighted by Crippen LogP contribution is -2.34. The summed E-state index contributed by atoms with van der Waals surface area (Å²) in [6.45, 7) is 7.09. The first kappa shape index (κ1) is 16.8. The molecule has 1 aliphatic heterocycles. The second-order valence-corrected chi connectivity index (χ2v) is 6.70. The molecule has 128 valence electrons. The normalized spacial score (nSPS) is 18.6. The number of hydrogen-bond donors (Lipinski definition) is 1. The molecule has 1 aromatic heterocycles. The zero-order valence-electron chi connectivity index (χ0n) is 14.1. The van der Waals surface area contributed by atoms with Crippen LogP contribution >= 0.6 is 0 Å². The van der Waals surface area contributed by atoms with E-state index in [1.807, 2.05) is 0 Å². The summed E-state index contributed by atoms with van der Waals surface area (Å²) < 4.78 is 27.7. The molecule has 0 amide bonds. The number of aromatic nitrogens is 2. The first-order chi connectivity index (χ1) is 11.5. The summed E-state index contributed by atoms with van der Waals surface area (Å²) >= 11 is 0. The summed E-state index contributed by atoms with van der Waals surface area (Å²) in [4.78, 5) is 2.40. The fourth-order valence-corrected chi connectivity index (χ4v) is 3.29. The van der Waals surface area contributed by atoms with Crippen LogP contribution < -0.4 is 0 Å². The van der Waals surface area contributed by atoms with Gasteiger partial charge in [-0.2, -0.15) is 5.10 Å². The lowest BCUT2D eigenvalue weighted by molar-refractivity contribution is 0.226. The van der Waals surface area contributed by atoms with Crippen LogP contribution in [0, 0.1) is 11.6 Å².